The molecular weight excluding hydrogens is 847 g/mol. The second kappa shape index (κ2) is 56.7. The van der Waals surface area contributed by atoms with Crippen LogP contribution < -0.4 is 10.2 Å². The molecule has 0 aromatic rings. The van der Waals surface area contributed by atoms with Crippen LogP contribution in [0.4, 0.5) is 0 Å². The number of hydrogen-bond donors (Lipinski definition) is 0. The first-order valence-electron chi connectivity index (χ1n) is 25.2. The fourth-order valence-corrected chi connectivity index (χ4v) is 9.48. The van der Waals surface area contributed by atoms with Crippen LogP contribution in [0.2, 0.25) is 8.87 Å². The molecule has 0 spiro atoms. The summed E-state index contributed by atoms with van der Waals surface area (Å²) in [7, 11) is 0. The average molecular weight is 944 g/mol. The molecule has 0 unspecified atom stereocenters. The standard InChI is InChI=1S/2C18H36O2.2C7H13O2.Sn/c2*1-2-3-4-5-6-7-8-9-10-11-12-13-14-15-16-17-18(19)20;2*1-3-5-6-9-7(8)4-2;/h2*2-17H2,1H3,(H,19,20);2*2-6H2,1H3;/q;;;;+2/p-2. The predicted octanol–water partition coefficient (Wildman–Crippen LogP) is 13.0. The molecule has 0 aromatic heterocycles. The number of esters is 2. The van der Waals surface area contributed by atoms with Crippen LogP contribution in [0.3, 0.4) is 0 Å². The molecule has 0 atom stereocenters. The van der Waals surface area contributed by atoms with E-state index in [9.17, 15) is 29.4 Å². The van der Waals surface area contributed by atoms with Crippen LogP contribution in [-0.2, 0) is 28.7 Å². The molecule has 0 aliphatic heterocycles. The SMILES string of the molecule is CCCCCCCCCCCCCCCCCC(=O)[O-].CCCCCCCCCCCCCCCCCC(=O)[O-].CCCCOC(=O)C[CH2][Sn+2][CH2]CC(=O)OCCCC. The van der Waals surface area contributed by atoms with Crippen LogP contribution in [-0.4, -0.2) is 58.2 Å². The first kappa shape index (κ1) is 62.0. The number of carbonyl (C=O) groups is 4. The van der Waals surface area contributed by atoms with Crippen LogP contribution in [0.5, 0.6) is 0 Å². The summed E-state index contributed by atoms with van der Waals surface area (Å²) in [5.74, 6) is -1.97. The Kier molecular flexibility index (Phi) is 59.5. The second-order valence-corrected chi connectivity index (χ2v) is 20.8. The summed E-state index contributed by atoms with van der Waals surface area (Å²) in [5.41, 5.74) is 0. The van der Waals surface area contributed by atoms with Gasteiger partial charge in [0.15, 0.2) is 0 Å². The predicted molar refractivity (Wildman–Crippen MR) is 245 cm³/mol. The number of carboxylic acids is 2. The number of hydrogen-bond acceptors (Lipinski definition) is 8. The molecule has 0 saturated heterocycles. The number of carboxylic acid groups (broad SMARTS) is 2. The molecular formula is C50H96O8Sn. The Morgan fingerprint density at radius 1 is 0.322 bits per heavy atom. The molecule has 0 saturated carbocycles. The van der Waals surface area contributed by atoms with Crippen molar-refractivity contribution in [3.05, 3.63) is 0 Å². The quantitative estimate of drug-likeness (QED) is 0.0335. The minimum atomic E-state index is -0.903. The van der Waals surface area contributed by atoms with Gasteiger partial charge in [-0.2, -0.15) is 0 Å². The molecule has 0 aromatic carbocycles. The van der Waals surface area contributed by atoms with Crippen molar-refractivity contribution in [3.63, 3.8) is 0 Å². The van der Waals surface area contributed by atoms with Gasteiger partial charge in [-0.05, 0) is 25.7 Å². The van der Waals surface area contributed by atoms with Gasteiger partial charge in [0, 0.05) is 11.9 Å². The molecule has 348 valence electrons. The molecule has 0 aliphatic carbocycles. The van der Waals surface area contributed by atoms with Crippen LogP contribution in [0.1, 0.15) is 272 Å². The zero-order chi connectivity index (χ0) is 44.1. The van der Waals surface area contributed by atoms with E-state index in [-0.39, 0.29) is 24.8 Å². The summed E-state index contributed by atoms with van der Waals surface area (Å²) in [5, 5.41) is 20.4. The van der Waals surface area contributed by atoms with Gasteiger partial charge in [-0.15, -0.1) is 0 Å². The third-order valence-corrected chi connectivity index (χ3v) is 13.9. The Hall–Kier alpha value is -1.32. The van der Waals surface area contributed by atoms with Crippen LogP contribution in [0, 0.1) is 0 Å². The van der Waals surface area contributed by atoms with E-state index < -0.39 is 33.1 Å². The Bertz CT molecular complexity index is 800. The molecule has 0 aliphatic rings. The third kappa shape index (κ3) is 66.0. The van der Waals surface area contributed by atoms with E-state index in [1.165, 1.54) is 167 Å². The molecule has 59 heavy (non-hydrogen) atoms. The molecule has 0 amide bonds. The van der Waals surface area contributed by atoms with Crippen molar-refractivity contribution in [1.82, 2.24) is 0 Å². The maximum atomic E-state index is 11.3. The normalized spacial score (nSPS) is 10.5. The summed E-state index contributed by atoms with van der Waals surface area (Å²) in [4.78, 5) is 43.0. The van der Waals surface area contributed by atoms with Crippen molar-refractivity contribution in [1.29, 1.82) is 0 Å². The summed E-state index contributed by atoms with van der Waals surface area (Å²) >= 11 is -0.602. The summed E-state index contributed by atoms with van der Waals surface area (Å²) in [6.07, 6.45) is 44.7. The maximum absolute atomic E-state index is 11.3. The molecule has 0 bridgehead atoms. The van der Waals surface area contributed by atoms with Crippen LogP contribution >= 0.6 is 0 Å². The van der Waals surface area contributed by atoms with Crippen molar-refractivity contribution in [3.8, 4) is 0 Å². The van der Waals surface area contributed by atoms with E-state index in [1.54, 1.807) is 0 Å². The molecule has 8 nitrogen and oxygen atoms in total. The van der Waals surface area contributed by atoms with Gasteiger partial charge in [0.1, 0.15) is 0 Å². The Balaban J connectivity index is -0.000000798. The zero-order valence-electron chi connectivity index (χ0n) is 39.5. The molecule has 0 heterocycles. The van der Waals surface area contributed by atoms with Crippen LogP contribution in [0.25, 0.3) is 0 Å². The van der Waals surface area contributed by atoms with E-state index in [2.05, 4.69) is 27.7 Å². The first-order valence-corrected chi connectivity index (χ1v) is 29.2. The number of aliphatic carboxylic acids is 2. The van der Waals surface area contributed by atoms with Crippen molar-refractivity contribution >= 4 is 45.0 Å². The van der Waals surface area contributed by atoms with Crippen molar-refractivity contribution < 1.29 is 38.9 Å². The van der Waals surface area contributed by atoms with Gasteiger partial charge in [0.2, 0.25) is 0 Å². The Morgan fingerprint density at radius 2 is 0.542 bits per heavy atom. The second-order valence-electron chi connectivity index (χ2n) is 16.5. The van der Waals surface area contributed by atoms with Gasteiger partial charge in [-0.3, -0.25) is 0 Å². The van der Waals surface area contributed by atoms with Gasteiger partial charge in [0.05, 0.1) is 0 Å². The minimum absolute atomic E-state index is 0.0835. The first-order chi connectivity index (χ1) is 28.7. The van der Waals surface area contributed by atoms with Crippen LogP contribution in [0.15, 0.2) is 0 Å². The van der Waals surface area contributed by atoms with E-state index in [0.29, 0.717) is 26.1 Å². The summed E-state index contributed by atoms with van der Waals surface area (Å²) < 4.78 is 12.1. The van der Waals surface area contributed by atoms with Gasteiger partial charge in [-0.25, -0.2) is 0 Å². The van der Waals surface area contributed by atoms with Crippen molar-refractivity contribution in [2.45, 2.75) is 281 Å². The van der Waals surface area contributed by atoms with Gasteiger partial charge in [0.25, 0.3) is 0 Å². The van der Waals surface area contributed by atoms with Gasteiger partial charge >= 0.3 is 127 Å². The Labute approximate surface area is 375 Å². The Morgan fingerprint density at radius 3 is 0.763 bits per heavy atom. The topological polar surface area (TPSA) is 133 Å². The molecule has 0 radical (unpaired) electrons. The fourth-order valence-electron chi connectivity index (χ4n) is 6.59. The van der Waals surface area contributed by atoms with E-state index in [1.807, 2.05) is 0 Å². The molecule has 0 N–H and O–H groups in total. The van der Waals surface area contributed by atoms with E-state index >= 15 is 0 Å². The number of rotatable bonds is 44. The summed E-state index contributed by atoms with van der Waals surface area (Å²) in [6, 6.07) is 0. The fraction of sp³-hybridized carbons (Fsp3) is 0.920. The van der Waals surface area contributed by atoms with Gasteiger partial charge < -0.3 is 19.8 Å². The number of carbonyl (C=O) groups excluding carboxylic acids is 4. The van der Waals surface area contributed by atoms with Crippen molar-refractivity contribution in [2.75, 3.05) is 13.2 Å². The number of unbranched alkanes of at least 4 members (excludes halogenated alkanes) is 30. The number of ether oxygens (including phenoxy) is 2. The molecule has 9 heteroatoms. The summed E-state index contributed by atoms with van der Waals surface area (Å²) in [6.45, 7) is 9.77. The third-order valence-electron chi connectivity index (χ3n) is 10.5. The monoisotopic (exact) mass is 945 g/mol. The molecule has 0 fully saturated rings. The average Bonchev–Trinajstić information content (AvgIpc) is 3.21. The zero-order valence-corrected chi connectivity index (χ0v) is 42.3. The van der Waals surface area contributed by atoms with Gasteiger partial charge in [-0.1, -0.05) is 194 Å². The molecule has 0 rings (SSSR count). The van der Waals surface area contributed by atoms with E-state index in [4.69, 9.17) is 9.47 Å². The van der Waals surface area contributed by atoms with Crippen molar-refractivity contribution in [2.24, 2.45) is 0 Å². The van der Waals surface area contributed by atoms with E-state index in [0.717, 1.165) is 60.2 Å².